The van der Waals surface area contributed by atoms with E-state index in [1.807, 2.05) is 18.7 Å². The summed E-state index contributed by atoms with van der Waals surface area (Å²) in [5.41, 5.74) is 0. The average Bonchev–Trinajstić information content (AvgIpc) is 2.11. The molecule has 0 spiro atoms. The first-order valence-electron chi connectivity index (χ1n) is 4.35. The molecule has 0 radical (unpaired) electrons. The molecule has 0 amide bonds. The summed E-state index contributed by atoms with van der Waals surface area (Å²) in [4.78, 5) is 2.32. The van der Waals surface area contributed by atoms with Gasteiger partial charge in [-0.25, -0.2) is 0 Å². The second-order valence-corrected chi connectivity index (χ2v) is 3.90. The van der Waals surface area contributed by atoms with E-state index < -0.39 is 0 Å². The Bertz CT molecular complexity index is 142. The van der Waals surface area contributed by atoms with Gasteiger partial charge in [0.15, 0.2) is 0 Å². The zero-order valence-corrected chi connectivity index (χ0v) is 9.02. The summed E-state index contributed by atoms with van der Waals surface area (Å²) in [5.74, 6) is 1.32. The van der Waals surface area contributed by atoms with Crippen molar-refractivity contribution in [3.8, 4) is 6.07 Å². The molecule has 0 N–H and O–H groups in total. The molecule has 0 aliphatic heterocycles. The maximum absolute atomic E-state index is 8.62. The van der Waals surface area contributed by atoms with E-state index >= 15 is 0 Å². The summed E-state index contributed by atoms with van der Waals surface area (Å²) in [5, 5.41) is 8.62. The molecule has 0 saturated carbocycles. The molecule has 1 atom stereocenters. The maximum Gasteiger partial charge on any atom is 0.0666 e. The van der Waals surface area contributed by atoms with Gasteiger partial charge in [0, 0.05) is 18.8 Å². The Morgan fingerprint density at radius 1 is 1.58 bits per heavy atom. The van der Waals surface area contributed by atoms with Crippen LogP contribution in [-0.4, -0.2) is 36.5 Å². The molecule has 1 unspecified atom stereocenters. The van der Waals surface area contributed by atoms with E-state index in [1.54, 1.807) is 0 Å². The summed E-state index contributed by atoms with van der Waals surface area (Å²) in [6, 6.07) is 2.26. The van der Waals surface area contributed by atoms with Crippen LogP contribution in [0.3, 0.4) is 0 Å². The standard InChI is InChI=1S/C9H18N2S/c1-4-11(5-6-12-3)8-9(2)7-10/h9H,4-6,8H2,1-3H3. The fourth-order valence-corrected chi connectivity index (χ4v) is 1.47. The van der Waals surface area contributed by atoms with Gasteiger partial charge in [0.1, 0.15) is 0 Å². The highest BCUT2D eigenvalue weighted by Gasteiger charge is 2.06. The van der Waals surface area contributed by atoms with Gasteiger partial charge in [-0.1, -0.05) is 6.92 Å². The molecular weight excluding hydrogens is 168 g/mol. The summed E-state index contributed by atoms with van der Waals surface area (Å²) in [7, 11) is 0. The van der Waals surface area contributed by atoms with Gasteiger partial charge >= 0.3 is 0 Å². The summed E-state index contributed by atoms with van der Waals surface area (Å²) in [6.45, 7) is 7.18. The highest BCUT2D eigenvalue weighted by atomic mass is 32.2. The molecule has 0 heterocycles. The molecular formula is C9H18N2S. The van der Waals surface area contributed by atoms with Crippen LogP contribution in [-0.2, 0) is 0 Å². The van der Waals surface area contributed by atoms with Crippen molar-refractivity contribution in [2.75, 3.05) is 31.6 Å². The van der Waals surface area contributed by atoms with E-state index in [9.17, 15) is 0 Å². The van der Waals surface area contributed by atoms with Crippen LogP contribution in [0.25, 0.3) is 0 Å². The van der Waals surface area contributed by atoms with Crippen LogP contribution in [0.5, 0.6) is 0 Å². The highest BCUT2D eigenvalue weighted by molar-refractivity contribution is 7.98. The van der Waals surface area contributed by atoms with Crippen LogP contribution < -0.4 is 0 Å². The predicted molar refractivity (Wildman–Crippen MR) is 55.3 cm³/mol. The lowest BCUT2D eigenvalue weighted by Crippen LogP contribution is -2.30. The van der Waals surface area contributed by atoms with Gasteiger partial charge in [-0.05, 0) is 19.7 Å². The number of rotatable bonds is 6. The lowest BCUT2D eigenvalue weighted by molar-refractivity contribution is 0.285. The first-order chi connectivity index (χ1) is 5.74. The zero-order valence-electron chi connectivity index (χ0n) is 8.21. The molecule has 3 heteroatoms. The molecule has 0 saturated heterocycles. The van der Waals surface area contributed by atoms with Gasteiger partial charge < -0.3 is 4.90 Å². The van der Waals surface area contributed by atoms with Crippen LogP contribution in [0.4, 0.5) is 0 Å². The molecule has 0 fully saturated rings. The third kappa shape index (κ3) is 5.45. The Kier molecular flexibility index (Phi) is 7.33. The van der Waals surface area contributed by atoms with Crippen LogP contribution in [0.1, 0.15) is 13.8 Å². The maximum atomic E-state index is 8.62. The Balaban J connectivity index is 3.60. The summed E-state index contributed by atoms with van der Waals surface area (Å²) >= 11 is 1.86. The molecule has 0 rings (SSSR count). The normalized spacial score (nSPS) is 12.9. The van der Waals surface area contributed by atoms with E-state index in [0.717, 1.165) is 25.4 Å². The zero-order chi connectivity index (χ0) is 9.40. The molecule has 0 aromatic carbocycles. The van der Waals surface area contributed by atoms with Gasteiger partial charge in [-0.2, -0.15) is 17.0 Å². The van der Waals surface area contributed by atoms with E-state index in [2.05, 4.69) is 24.1 Å². The van der Waals surface area contributed by atoms with Gasteiger partial charge in [0.2, 0.25) is 0 Å². The van der Waals surface area contributed by atoms with Crippen LogP contribution >= 0.6 is 11.8 Å². The van der Waals surface area contributed by atoms with Gasteiger partial charge in [-0.15, -0.1) is 0 Å². The predicted octanol–water partition coefficient (Wildman–Crippen LogP) is 1.83. The van der Waals surface area contributed by atoms with E-state index in [4.69, 9.17) is 5.26 Å². The van der Waals surface area contributed by atoms with Crippen molar-refractivity contribution < 1.29 is 0 Å². The fourth-order valence-electron chi connectivity index (χ4n) is 1.03. The molecule has 70 valence electrons. The van der Waals surface area contributed by atoms with Crippen molar-refractivity contribution in [2.45, 2.75) is 13.8 Å². The van der Waals surface area contributed by atoms with Crippen molar-refractivity contribution in [3.05, 3.63) is 0 Å². The lowest BCUT2D eigenvalue weighted by Gasteiger charge is -2.20. The molecule has 0 aromatic rings. The van der Waals surface area contributed by atoms with Gasteiger partial charge in [0.25, 0.3) is 0 Å². The minimum absolute atomic E-state index is 0.159. The van der Waals surface area contributed by atoms with Crippen LogP contribution in [0, 0.1) is 17.2 Å². The highest BCUT2D eigenvalue weighted by Crippen LogP contribution is 2.00. The molecule has 12 heavy (non-hydrogen) atoms. The van der Waals surface area contributed by atoms with Gasteiger partial charge in [0.05, 0.1) is 12.0 Å². The van der Waals surface area contributed by atoms with E-state index in [-0.39, 0.29) is 5.92 Å². The number of nitrogens with zero attached hydrogens (tertiary/aromatic N) is 2. The minimum Gasteiger partial charge on any atom is -0.301 e. The SMILES string of the molecule is CCN(CCSC)CC(C)C#N. The van der Waals surface area contributed by atoms with Crippen LogP contribution in [0.15, 0.2) is 0 Å². The van der Waals surface area contributed by atoms with Crippen LogP contribution in [0.2, 0.25) is 0 Å². The first-order valence-corrected chi connectivity index (χ1v) is 5.74. The quantitative estimate of drug-likeness (QED) is 0.633. The lowest BCUT2D eigenvalue weighted by atomic mass is 10.2. The smallest absolute Gasteiger partial charge is 0.0666 e. The Labute approximate surface area is 79.9 Å². The molecule has 0 aliphatic carbocycles. The molecule has 2 nitrogen and oxygen atoms in total. The Morgan fingerprint density at radius 2 is 2.25 bits per heavy atom. The first kappa shape index (κ1) is 11.8. The van der Waals surface area contributed by atoms with Gasteiger partial charge in [-0.3, -0.25) is 0 Å². The van der Waals surface area contributed by atoms with Crippen molar-refractivity contribution in [1.29, 1.82) is 5.26 Å². The third-order valence-corrected chi connectivity index (χ3v) is 2.40. The molecule has 0 bridgehead atoms. The number of hydrogen-bond donors (Lipinski definition) is 0. The van der Waals surface area contributed by atoms with Crippen molar-refractivity contribution in [2.24, 2.45) is 5.92 Å². The summed E-state index contributed by atoms with van der Waals surface area (Å²) < 4.78 is 0. The third-order valence-electron chi connectivity index (χ3n) is 1.81. The summed E-state index contributed by atoms with van der Waals surface area (Å²) in [6.07, 6.45) is 2.11. The second-order valence-electron chi connectivity index (χ2n) is 2.92. The minimum atomic E-state index is 0.159. The number of thioether (sulfide) groups is 1. The second kappa shape index (κ2) is 7.45. The van der Waals surface area contributed by atoms with Crippen molar-refractivity contribution >= 4 is 11.8 Å². The number of nitriles is 1. The Morgan fingerprint density at radius 3 is 2.67 bits per heavy atom. The number of hydrogen-bond acceptors (Lipinski definition) is 3. The average molecular weight is 186 g/mol. The van der Waals surface area contributed by atoms with E-state index in [1.165, 1.54) is 0 Å². The topological polar surface area (TPSA) is 27.0 Å². The monoisotopic (exact) mass is 186 g/mol. The fraction of sp³-hybridized carbons (Fsp3) is 0.889. The van der Waals surface area contributed by atoms with Crippen molar-refractivity contribution in [3.63, 3.8) is 0 Å². The van der Waals surface area contributed by atoms with Crippen molar-refractivity contribution in [1.82, 2.24) is 4.90 Å². The van der Waals surface area contributed by atoms with E-state index in [0.29, 0.717) is 0 Å². The molecule has 0 aliphatic rings. The largest absolute Gasteiger partial charge is 0.301 e. The Hall–Kier alpha value is -0.200. The molecule has 0 aromatic heterocycles.